The van der Waals surface area contributed by atoms with Crippen LogP contribution in [0.15, 0.2) is 24.3 Å². The van der Waals surface area contributed by atoms with Crippen molar-refractivity contribution in [1.29, 1.82) is 0 Å². The van der Waals surface area contributed by atoms with Crippen molar-refractivity contribution in [2.24, 2.45) is 0 Å². The monoisotopic (exact) mass is 400 g/mol. The topological polar surface area (TPSA) is 50.3 Å². The molecule has 0 unspecified atom stereocenters. The second-order valence-corrected chi connectivity index (χ2v) is 8.75. The van der Waals surface area contributed by atoms with Crippen molar-refractivity contribution in [3.8, 4) is 0 Å². The number of piperazine rings is 1. The van der Waals surface area contributed by atoms with Gasteiger partial charge in [0.15, 0.2) is 0 Å². The SMILES string of the molecule is O=C(Cc1ccc(N2CCC(N3CCN(CCO)CC3)CC2)cc1)N1CCCC1. The highest BCUT2D eigenvalue weighted by molar-refractivity contribution is 5.79. The van der Waals surface area contributed by atoms with E-state index in [-0.39, 0.29) is 12.5 Å². The number of hydrogen-bond acceptors (Lipinski definition) is 5. The highest BCUT2D eigenvalue weighted by atomic mass is 16.3. The lowest BCUT2D eigenvalue weighted by Gasteiger charge is -2.43. The number of amides is 1. The fourth-order valence-electron chi connectivity index (χ4n) is 5.06. The number of piperidine rings is 1. The number of hydrogen-bond donors (Lipinski definition) is 1. The molecule has 1 aromatic carbocycles. The summed E-state index contributed by atoms with van der Waals surface area (Å²) < 4.78 is 0. The van der Waals surface area contributed by atoms with Crippen molar-refractivity contribution in [3.05, 3.63) is 29.8 Å². The largest absolute Gasteiger partial charge is 0.395 e. The molecule has 0 bridgehead atoms. The van der Waals surface area contributed by atoms with Gasteiger partial charge in [-0.05, 0) is 43.4 Å². The average molecular weight is 401 g/mol. The Hall–Kier alpha value is -1.63. The zero-order chi connectivity index (χ0) is 20.1. The van der Waals surface area contributed by atoms with Crippen molar-refractivity contribution in [2.45, 2.75) is 38.1 Å². The van der Waals surface area contributed by atoms with E-state index in [1.165, 1.54) is 18.5 Å². The molecule has 3 aliphatic rings. The quantitative estimate of drug-likeness (QED) is 0.783. The van der Waals surface area contributed by atoms with Crippen LogP contribution in [0.5, 0.6) is 0 Å². The summed E-state index contributed by atoms with van der Waals surface area (Å²) in [6, 6.07) is 9.35. The zero-order valence-corrected chi connectivity index (χ0v) is 17.6. The predicted molar refractivity (Wildman–Crippen MR) is 116 cm³/mol. The van der Waals surface area contributed by atoms with Crippen LogP contribution in [0.4, 0.5) is 5.69 Å². The zero-order valence-electron chi connectivity index (χ0n) is 17.6. The van der Waals surface area contributed by atoms with Crippen LogP contribution in [0.25, 0.3) is 0 Å². The minimum absolute atomic E-state index is 0.267. The van der Waals surface area contributed by atoms with Gasteiger partial charge in [0, 0.05) is 70.6 Å². The van der Waals surface area contributed by atoms with E-state index >= 15 is 0 Å². The third kappa shape index (κ3) is 5.30. The normalized spacial score (nSPS) is 22.4. The molecule has 0 aliphatic carbocycles. The molecule has 0 atom stereocenters. The molecule has 4 rings (SSSR count). The highest BCUT2D eigenvalue weighted by Gasteiger charge is 2.27. The molecular formula is C23H36N4O2. The maximum Gasteiger partial charge on any atom is 0.226 e. The Morgan fingerprint density at radius 2 is 1.55 bits per heavy atom. The van der Waals surface area contributed by atoms with Crippen LogP contribution >= 0.6 is 0 Å². The Balaban J connectivity index is 1.23. The summed E-state index contributed by atoms with van der Waals surface area (Å²) in [5.74, 6) is 0.273. The second-order valence-electron chi connectivity index (χ2n) is 8.75. The number of β-amino-alcohol motifs (C(OH)–C–C–N with tert-alkyl or cyclic N) is 1. The first kappa shape index (κ1) is 20.6. The van der Waals surface area contributed by atoms with Crippen molar-refractivity contribution >= 4 is 11.6 Å². The van der Waals surface area contributed by atoms with Crippen molar-refractivity contribution in [1.82, 2.24) is 14.7 Å². The molecule has 0 spiro atoms. The lowest BCUT2D eigenvalue weighted by Crippen LogP contribution is -2.53. The van der Waals surface area contributed by atoms with Gasteiger partial charge in [-0.3, -0.25) is 14.6 Å². The van der Waals surface area contributed by atoms with Gasteiger partial charge in [-0.15, -0.1) is 0 Å². The van der Waals surface area contributed by atoms with Crippen LogP contribution in [-0.4, -0.2) is 97.3 Å². The summed E-state index contributed by atoms with van der Waals surface area (Å²) in [5.41, 5.74) is 2.41. The molecule has 3 heterocycles. The van der Waals surface area contributed by atoms with Crippen molar-refractivity contribution in [2.75, 3.05) is 70.4 Å². The molecule has 6 nitrogen and oxygen atoms in total. The lowest BCUT2D eigenvalue weighted by atomic mass is 10.0. The van der Waals surface area contributed by atoms with Gasteiger partial charge in [-0.2, -0.15) is 0 Å². The molecule has 3 aliphatic heterocycles. The first-order valence-electron chi connectivity index (χ1n) is 11.4. The number of rotatable bonds is 6. The third-order valence-electron chi connectivity index (χ3n) is 6.92. The Bertz CT molecular complexity index is 643. The first-order valence-corrected chi connectivity index (χ1v) is 11.4. The molecular weight excluding hydrogens is 364 g/mol. The maximum atomic E-state index is 12.3. The van der Waals surface area contributed by atoms with Gasteiger partial charge in [0.2, 0.25) is 5.91 Å². The fraction of sp³-hybridized carbons (Fsp3) is 0.696. The van der Waals surface area contributed by atoms with E-state index in [0.717, 1.165) is 77.3 Å². The lowest BCUT2D eigenvalue weighted by molar-refractivity contribution is -0.129. The Morgan fingerprint density at radius 3 is 2.17 bits per heavy atom. The summed E-state index contributed by atoms with van der Waals surface area (Å²) in [7, 11) is 0. The van der Waals surface area contributed by atoms with Crippen LogP contribution < -0.4 is 4.90 Å². The summed E-state index contributed by atoms with van der Waals surface area (Å²) in [5, 5.41) is 9.10. The van der Waals surface area contributed by atoms with E-state index in [1.54, 1.807) is 0 Å². The molecule has 1 N–H and O–H groups in total. The first-order chi connectivity index (χ1) is 14.2. The van der Waals surface area contributed by atoms with E-state index in [2.05, 4.69) is 39.0 Å². The number of carbonyl (C=O) groups is 1. The van der Waals surface area contributed by atoms with Gasteiger partial charge < -0.3 is 14.9 Å². The van der Waals surface area contributed by atoms with E-state index in [4.69, 9.17) is 5.11 Å². The number of likely N-dealkylation sites (tertiary alicyclic amines) is 1. The van der Waals surface area contributed by atoms with Crippen LogP contribution in [0.1, 0.15) is 31.2 Å². The van der Waals surface area contributed by atoms with Crippen LogP contribution in [0.3, 0.4) is 0 Å². The molecule has 29 heavy (non-hydrogen) atoms. The molecule has 3 saturated heterocycles. The number of benzene rings is 1. The summed E-state index contributed by atoms with van der Waals surface area (Å²) in [6.07, 6.45) is 5.27. The second kappa shape index (κ2) is 9.92. The highest BCUT2D eigenvalue weighted by Crippen LogP contribution is 2.24. The van der Waals surface area contributed by atoms with E-state index in [0.29, 0.717) is 12.5 Å². The number of anilines is 1. The molecule has 3 fully saturated rings. The van der Waals surface area contributed by atoms with Gasteiger partial charge in [-0.25, -0.2) is 0 Å². The standard InChI is InChI=1S/C23H36N4O2/c28-18-17-24-13-15-26(16-14-24)22-7-11-25(12-8-22)21-5-3-20(4-6-21)19-23(29)27-9-1-2-10-27/h3-6,22,28H,1-2,7-19H2. The number of aliphatic hydroxyl groups excluding tert-OH is 1. The van der Waals surface area contributed by atoms with Crippen LogP contribution in [-0.2, 0) is 11.2 Å². The van der Waals surface area contributed by atoms with Gasteiger partial charge >= 0.3 is 0 Å². The van der Waals surface area contributed by atoms with Gasteiger partial charge in [-0.1, -0.05) is 12.1 Å². The molecule has 0 radical (unpaired) electrons. The van der Waals surface area contributed by atoms with Crippen molar-refractivity contribution in [3.63, 3.8) is 0 Å². The minimum atomic E-state index is 0.267. The van der Waals surface area contributed by atoms with Crippen LogP contribution in [0, 0.1) is 0 Å². The Kier molecular flexibility index (Phi) is 7.06. The molecule has 160 valence electrons. The number of aliphatic hydroxyl groups is 1. The predicted octanol–water partition coefficient (Wildman–Crippen LogP) is 1.43. The summed E-state index contributed by atoms with van der Waals surface area (Å²) in [4.78, 5) is 21.8. The maximum absolute atomic E-state index is 12.3. The Labute approximate surface area is 175 Å². The fourth-order valence-corrected chi connectivity index (χ4v) is 5.06. The summed E-state index contributed by atoms with van der Waals surface area (Å²) in [6.45, 7) is 9.58. The molecule has 1 aromatic rings. The van der Waals surface area contributed by atoms with Crippen molar-refractivity contribution < 1.29 is 9.90 Å². The van der Waals surface area contributed by atoms with Gasteiger partial charge in [0.1, 0.15) is 0 Å². The van der Waals surface area contributed by atoms with Gasteiger partial charge in [0.25, 0.3) is 0 Å². The Morgan fingerprint density at radius 1 is 0.897 bits per heavy atom. The molecule has 0 aromatic heterocycles. The number of carbonyl (C=O) groups excluding carboxylic acids is 1. The molecule has 0 saturated carbocycles. The molecule has 1 amide bonds. The van der Waals surface area contributed by atoms with E-state index in [1.807, 2.05) is 4.90 Å². The minimum Gasteiger partial charge on any atom is -0.395 e. The smallest absolute Gasteiger partial charge is 0.226 e. The third-order valence-corrected chi connectivity index (χ3v) is 6.92. The van der Waals surface area contributed by atoms with E-state index in [9.17, 15) is 4.79 Å². The number of nitrogens with zero attached hydrogens (tertiary/aromatic N) is 4. The van der Waals surface area contributed by atoms with Gasteiger partial charge in [0.05, 0.1) is 13.0 Å². The molecule has 6 heteroatoms. The van der Waals surface area contributed by atoms with E-state index < -0.39 is 0 Å². The average Bonchev–Trinajstić information content (AvgIpc) is 3.31. The van der Waals surface area contributed by atoms with Crippen LogP contribution in [0.2, 0.25) is 0 Å². The summed E-state index contributed by atoms with van der Waals surface area (Å²) >= 11 is 0.